The monoisotopic (exact) mass is 625 g/mol. The molecule has 0 spiro atoms. The van der Waals surface area contributed by atoms with Gasteiger partial charge in [0.05, 0.1) is 30.6 Å². The Kier molecular flexibility index (Phi) is 7.49. The number of carbonyl (C=O) groups is 1. The maximum absolute atomic E-state index is 14.6. The molecule has 0 aliphatic carbocycles. The molecule has 7 rings (SSSR count). The fourth-order valence-electron chi connectivity index (χ4n) is 6.30. The van der Waals surface area contributed by atoms with E-state index in [1.165, 1.54) is 28.2 Å². The minimum Gasteiger partial charge on any atom is -0.490 e. The van der Waals surface area contributed by atoms with Gasteiger partial charge in [0.25, 0.3) is 5.91 Å². The zero-order valence-electron chi connectivity index (χ0n) is 25.4. The average Bonchev–Trinajstić information content (AvgIpc) is 3.67. The number of carbonyl (C=O) groups excluding carboxylic acids is 1. The van der Waals surface area contributed by atoms with Crippen LogP contribution in [0.5, 0.6) is 5.75 Å². The van der Waals surface area contributed by atoms with Crippen molar-refractivity contribution in [2.75, 3.05) is 20.1 Å². The smallest absolute Gasteiger partial charge is 0.282 e. The number of fused-ring (bicyclic) bond motifs is 3. The summed E-state index contributed by atoms with van der Waals surface area (Å²) in [4.78, 5) is 21.5. The van der Waals surface area contributed by atoms with E-state index in [1.54, 1.807) is 17.4 Å². The van der Waals surface area contributed by atoms with Crippen LogP contribution in [0.1, 0.15) is 30.7 Å². The van der Waals surface area contributed by atoms with E-state index >= 15 is 0 Å². The van der Waals surface area contributed by atoms with Crippen LogP contribution >= 0.6 is 11.3 Å². The van der Waals surface area contributed by atoms with Gasteiger partial charge in [-0.2, -0.15) is 5.10 Å². The predicted molar refractivity (Wildman–Crippen MR) is 173 cm³/mol. The highest BCUT2D eigenvalue weighted by Gasteiger charge is 2.28. The molecule has 0 radical (unpaired) electrons. The van der Waals surface area contributed by atoms with Crippen LogP contribution in [-0.4, -0.2) is 56.7 Å². The predicted octanol–water partition coefficient (Wildman–Crippen LogP) is 7.23. The molecule has 0 unspecified atom stereocenters. The summed E-state index contributed by atoms with van der Waals surface area (Å²) in [5.41, 5.74) is 8.05. The molecule has 0 fully saturated rings. The molecular weight excluding hydrogens is 592 g/mol. The molecule has 1 amide bonds. The summed E-state index contributed by atoms with van der Waals surface area (Å²) < 4.78 is 37.3. The minimum atomic E-state index is -0.981. The molecule has 2 aromatic carbocycles. The van der Waals surface area contributed by atoms with Gasteiger partial charge in [-0.25, -0.2) is 13.8 Å². The summed E-state index contributed by atoms with van der Waals surface area (Å²) in [5, 5.41) is 7.99. The molecule has 0 saturated carbocycles. The van der Waals surface area contributed by atoms with Gasteiger partial charge >= 0.3 is 0 Å². The molecule has 7 nitrogen and oxygen atoms in total. The van der Waals surface area contributed by atoms with E-state index in [-0.39, 0.29) is 18.5 Å². The van der Waals surface area contributed by atoms with Gasteiger partial charge in [-0.15, -0.1) is 11.3 Å². The Bertz CT molecular complexity index is 1980. The van der Waals surface area contributed by atoms with Crippen LogP contribution in [0.4, 0.5) is 8.78 Å². The van der Waals surface area contributed by atoms with Crippen LogP contribution in [0.2, 0.25) is 0 Å². The number of amides is 1. The van der Waals surface area contributed by atoms with Gasteiger partial charge in [0.15, 0.2) is 5.83 Å². The van der Waals surface area contributed by atoms with Crippen molar-refractivity contribution in [2.45, 2.75) is 46.0 Å². The molecule has 0 N–H and O–H groups in total. The fourth-order valence-corrected chi connectivity index (χ4v) is 7.26. The molecular formula is C35H33F2N5O2S. The zero-order valence-corrected chi connectivity index (χ0v) is 26.3. The van der Waals surface area contributed by atoms with Crippen molar-refractivity contribution in [2.24, 2.45) is 0 Å². The summed E-state index contributed by atoms with van der Waals surface area (Å²) in [5.74, 6) is -1.66. The number of benzene rings is 2. The standard InChI is InChI=1S/C35H33F2N5O2S/c1-20(2)44-30-16-25(37)7-8-27(30)31-33(29-17-26-19-41(35(43)21(3)36)12-13-42(26)39-29)38-32(28-10-14-45-34(28)31)23-5-6-24-18-40(4)11-9-22(24)15-23/h5-8,10,14-17,20H,3,9,11-13,18-19H2,1-2,4H3. The second-order valence-corrected chi connectivity index (χ2v) is 12.9. The van der Waals surface area contributed by atoms with Crippen LogP contribution in [0.15, 0.2) is 66.3 Å². The summed E-state index contributed by atoms with van der Waals surface area (Å²) >= 11 is 1.59. The first-order chi connectivity index (χ1) is 21.7. The van der Waals surface area contributed by atoms with Crippen molar-refractivity contribution in [1.29, 1.82) is 0 Å². The van der Waals surface area contributed by atoms with Crippen LogP contribution in [0.3, 0.4) is 0 Å². The number of hydrogen-bond donors (Lipinski definition) is 0. The minimum absolute atomic E-state index is 0.178. The number of ether oxygens (including phenoxy) is 1. The Balaban J connectivity index is 1.45. The van der Waals surface area contributed by atoms with E-state index in [0.29, 0.717) is 30.2 Å². The molecule has 2 aliphatic rings. The number of hydrogen-bond acceptors (Lipinski definition) is 6. The Labute approximate surface area is 264 Å². The normalized spacial score (nSPS) is 14.9. The third-order valence-electron chi connectivity index (χ3n) is 8.43. The van der Waals surface area contributed by atoms with Gasteiger partial charge in [-0.05, 0) is 74.2 Å². The van der Waals surface area contributed by atoms with Crippen molar-refractivity contribution >= 4 is 27.3 Å². The summed E-state index contributed by atoms with van der Waals surface area (Å²) in [6.07, 6.45) is 0.792. The number of likely N-dealkylation sites (N-methyl/N-ethyl adjacent to an activating group) is 1. The van der Waals surface area contributed by atoms with Crippen LogP contribution in [0.25, 0.3) is 43.9 Å². The van der Waals surface area contributed by atoms with Crippen LogP contribution < -0.4 is 4.74 Å². The maximum Gasteiger partial charge on any atom is 0.282 e. The highest BCUT2D eigenvalue weighted by atomic mass is 32.1. The molecule has 3 aromatic heterocycles. The van der Waals surface area contributed by atoms with E-state index in [9.17, 15) is 13.6 Å². The quantitative estimate of drug-likeness (QED) is 0.186. The van der Waals surface area contributed by atoms with E-state index in [0.717, 1.165) is 57.7 Å². The van der Waals surface area contributed by atoms with Crippen molar-refractivity contribution in [1.82, 2.24) is 24.6 Å². The third-order valence-corrected chi connectivity index (χ3v) is 9.36. The van der Waals surface area contributed by atoms with E-state index in [2.05, 4.69) is 48.2 Å². The lowest BCUT2D eigenvalue weighted by atomic mass is 9.93. The highest BCUT2D eigenvalue weighted by molar-refractivity contribution is 7.18. The van der Waals surface area contributed by atoms with Gasteiger partial charge in [-0.3, -0.25) is 9.48 Å². The van der Waals surface area contributed by atoms with Gasteiger partial charge < -0.3 is 14.5 Å². The largest absolute Gasteiger partial charge is 0.490 e. The van der Waals surface area contributed by atoms with Gasteiger partial charge in [0, 0.05) is 52.5 Å². The SMILES string of the molecule is C=C(F)C(=O)N1CCn2nc(-c3nc(-c4ccc5c(c4)CCN(C)C5)c4ccsc4c3-c3ccc(F)cc3OC(C)C)cc2C1. The van der Waals surface area contributed by atoms with Gasteiger partial charge in [0.2, 0.25) is 0 Å². The molecule has 230 valence electrons. The molecule has 0 atom stereocenters. The number of rotatable bonds is 6. The Morgan fingerprint density at radius 1 is 1.02 bits per heavy atom. The van der Waals surface area contributed by atoms with Crippen molar-refractivity contribution in [3.05, 3.63) is 89.0 Å². The lowest BCUT2D eigenvalue weighted by molar-refractivity contribution is -0.130. The zero-order chi connectivity index (χ0) is 31.4. The van der Waals surface area contributed by atoms with Crippen LogP contribution in [0, 0.1) is 5.82 Å². The Morgan fingerprint density at radius 3 is 2.67 bits per heavy atom. The molecule has 0 saturated heterocycles. The number of nitrogens with zero attached hydrogens (tertiary/aromatic N) is 5. The molecule has 5 heterocycles. The molecule has 5 aromatic rings. The number of pyridine rings is 1. The summed E-state index contributed by atoms with van der Waals surface area (Å²) in [7, 11) is 2.14. The van der Waals surface area contributed by atoms with Gasteiger partial charge in [0.1, 0.15) is 23.0 Å². The first-order valence-corrected chi connectivity index (χ1v) is 15.9. The fraction of sp³-hybridized carbons (Fsp3) is 0.286. The Morgan fingerprint density at radius 2 is 1.87 bits per heavy atom. The lowest BCUT2D eigenvalue weighted by Gasteiger charge is -2.26. The number of halogens is 2. The van der Waals surface area contributed by atoms with Crippen LogP contribution in [-0.2, 0) is 30.8 Å². The summed E-state index contributed by atoms with van der Waals surface area (Å²) in [6.45, 7) is 9.86. The highest BCUT2D eigenvalue weighted by Crippen LogP contribution is 2.46. The maximum atomic E-state index is 14.6. The molecule has 45 heavy (non-hydrogen) atoms. The summed E-state index contributed by atoms with van der Waals surface area (Å²) in [6, 6.07) is 15.2. The van der Waals surface area contributed by atoms with E-state index < -0.39 is 11.7 Å². The van der Waals surface area contributed by atoms with Gasteiger partial charge in [-0.1, -0.05) is 18.7 Å². The second kappa shape index (κ2) is 11.5. The first kappa shape index (κ1) is 29.3. The van der Waals surface area contributed by atoms with Crippen molar-refractivity contribution in [3.8, 4) is 39.5 Å². The first-order valence-electron chi connectivity index (χ1n) is 15.1. The lowest BCUT2D eigenvalue weighted by Crippen LogP contribution is -2.38. The molecule has 2 aliphatic heterocycles. The molecule has 10 heteroatoms. The average molecular weight is 626 g/mol. The van der Waals surface area contributed by atoms with Crippen molar-refractivity contribution in [3.63, 3.8) is 0 Å². The third kappa shape index (κ3) is 5.42. The Hall–Kier alpha value is -4.41. The van der Waals surface area contributed by atoms with E-state index in [4.69, 9.17) is 14.8 Å². The molecule has 0 bridgehead atoms. The van der Waals surface area contributed by atoms with Crippen molar-refractivity contribution < 1.29 is 18.3 Å². The number of aromatic nitrogens is 3. The number of thiophene rings is 1. The topological polar surface area (TPSA) is 63.5 Å². The second-order valence-electron chi connectivity index (χ2n) is 12.0. The van der Waals surface area contributed by atoms with E-state index in [1.807, 2.05) is 24.6 Å².